The average Bonchev–Trinajstić information content (AvgIpc) is 2.61. The fourth-order valence-electron chi connectivity index (χ4n) is 3.44. The predicted octanol–water partition coefficient (Wildman–Crippen LogP) is 2.30. The third-order valence-electron chi connectivity index (χ3n) is 4.81. The van der Waals surface area contributed by atoms with Crippen LogP contribution in [0.15, 0.2) is 18.2 Å². The predicted molar refractivity (Wildman–Crippen MR) is 94.0 cm³/mol. The first-order chi connectivity index (χ1) is 11.3. The topological polar surface area (TPSA) is 59.8 Å². The lowest BCUT2D eigenvalue weighted by molar-refractivity contribution is 0.0378. The number of nitrogens with two attached hydrogens (primary N) is 1. The second-order valence-electron chi connectivity index (χ2n) is 6.47. The summed E-state index contributed by atoms with van der Waals surface area (Å²) in [6, 6.07) is 6.27. The van der Waals surface area contributed by atoms with Gasteiger partial charge in [-0.05, 0) is 55.5 Å². The van der Waals surface area contributed by atoms with Gasteiger partial charge in [-0.25, -0.2) is 0 Å². The van der Waals surface area contributed by atoms with Gasteiger partial charge in [0.25, 0.3) is 0 Å². The smallest absolute Gasteiger partial charge is 0.0594 e. The highest BCUT2D eigenvalue weighted by molar-refractivity contribution is 5.59. The summed E-state index contributed by atoms with van der Waals surface area (Å²) in [5, 5.41) is 3.62. The van der Waals surface area contributed by atoms with E-state index in [9.17, 15) is 0 Å². The quantitative estimate of drug-likeness (QED) is 0.622. The van der Waals surface area contributed by atoms with Gasteiger partial charge in [-0.1, -0.05) is 0 Å². The van der Waals surface area contributed by atoms with Crippen LogP contribution in [0, 0.1) is 0 Å². The zero-order valence-electron chi connectivity index (χ0n) is 13.9. The van der Waals surface area contributed by atoms with Crippen molar-refractivity contribution in [3.63, 3.8) is 0 Å². The Morgan fingerprint density at radius 3 is 2.61 bits per heavy atom. The molecule has 0 unspecified atom stereocenters. The summed E-state index contributed by atoms with van der Waals surface area (Å²) in [5.41, 5.74) is 9.47. The van der Waals surface area contributed by atoms with Crippen molar-refractivity contribution in [2.24, 2.45) is 0 Å². The van der Waals surface area contributed by atoms with E-state index in [1.807, 2.05) is 6.07 Å². The third kappa shape index (κ3) is 4.83. The Morgan fingerprint density at radius 1 is 1.09 bits per heavy atom. The molecule has 3 N–H and O–H groups in total. The number of rotatable bonds is 6. The number of nitrogens with one attached hydrogen (secondary N) is 1. The SMILES string of the molecule is Nc1ccc(NCCCN2CCOCC2)c(C2CCOCC2)c1. The first-order valence-electron chi connectivity index (χ1n) is 8.84. The molecule has 2 aliphatic heterocycles. The van der Waals surface area contributed by atoms with E-state index in [2.05, 4.69) is 22.3 Å². The number of morpholine rings is 1. The molecule has 128 valence electrons. The molecule has 5 nitrogen and oxygen atoms in total. The summed E-state index contributed by atoms with van der Waals surface area (Å²) in [6.07, 6.45) is 3.33. The molecular formula is C18H29N3O2. The zero-order chi connectivity index (χ0) is 15.9. The first-order valence-corrected chi connectivity index (χ1v) is 8.84. The van der Waals surface area contributed by atoms with Gasteiger partial charge in [0.05, 0.1) is 13.2 Å². The number of ether oxygens (including phenoxy) is 2. The molecule has 0 aliphatic carbocycles. The molecule has 0 aromatic heterocycles. The van der Waals surface area contributed by atoms with E-state index in [0.717, 1.165) is 77.6 Å². The summed E-state index contributed by atoms with van der Waals surface area (Å²) in [6.45, 7) is 7.73. The minimum atomic E-state index is 0.564. The molecule has 2 heterocycles. The van der Waals surface area contributed by atoms with E-state index in [-0.39, 0.29) is 0 Å². The lowest BCUT2D eigenvalue weighted by Gasteiger charge is -2.27. The molecule has 5 heteroatoms. The number of nitrogens with zero attached hydrogens (tertiary/aromatic N) is 1. The summed E-state index contributed by atoms with van der Waals surface area (Å²) in [5.74, 6) is 0.564. The van der Waals surface area contributed by atoms with Crippen LogP contribution in [0.25, 0.3) is 0 Å². The molecule has 0 spiro atoms. The fraction of sp³-hybridized carbons (Fsp3) is 0.667. The molecule has 0 saturated carbocycles. The summed E-state index contributed by atoms with van der Waals surface area (Å²) >= 11 is 0. The number of hydrogen-bond donors (Lipinski definition) is 2. The van der Waals surface area contributed by atoms with Crippen molar-refractivity contribution >= 4 is 11.4 Å². The van der Waals surface area contributed by atoms with E-state index in [4.69, 9.17) is 15.2 Å². The Bertz CT molecular complexity index is 483. The Balaban J connectivity index is 1.52. The van der Waals surface area contributed by atoms with E-state index < -0.39 is 0 Å². The van der Waals surface area contributed by atoms with E-state index in [0.29, 0.717) is 5.92 Å². The minimum absolute atomic E-state index is 0.564. The molecule has 0 amide bonds. The second kappa shape index (κ2) is 8.52. The molecule has 23 heavy (non-hydrogen) atoms. The van der Waals surface area contributed by atoms with Gasteiger partial charge in [-0.15, -0.1) is 0 Å². The van der Waals surface area contributed by atoms with Crippen molar-refractivity contribution in [2.75, 3.05) is 63.7 Å². The normalized spacial score (nSPS) is 20.5. The van der Waals surface area contributed by atoms with Crippen LogP contribution in [0.1, 0.15) is 30.7 Å². The number of nitrogen functional groups attached to an aromatic ring is 1. The average molecular weight is 319 g/mol. The van der Waals surface area contributed by atoms with Crippen molar-refractivity contribution in [1.29, 1.82) is 0 Å². The van der Waals surface area contributed by atoms with E-state index in [1.165, 1.54) is 11.3 Å². The van der Waals surface area contributed by atoms with Gasteiger partial charge in [0.1, 0.15) is 0 Å². The summed E-state index contributed by atoms with van der Waals surface area (Å²) in [4.78, 5) is 2.48. The van der Waals surface area contributed by atoms with Crippen LogP contribution in [0.2, 0.25) is 0 Å². The standard InChI is InChI=1S/C18H29N3O2/c19-16-2-3-18(17(14-16)15-4-10-22-11-5-15)20-6-1-7-21-8-12-23-13-9-21/h2-3,14-15,20H,1,4-13,19H2. The molecule has 0 atom stereocenters. The molecule has 2 fully saturated rings. The third-order valence-corrected chi connectivity index (χ3v) is 4.81. The van der Waals surface area contributed by atoms with Gasteiger partial charge < -0.3 is 20.5 Å². The molecular weight excluding hydrogens is 290 g/mol. The zero-order valence-corrected chi connectivity index (χ0v) is 13.9. The number of hydrogen-bond acceptors (Lipinski definition) is 5. The molecule has 3 rings (SSSR count). The second-order valence-corrected chi connectivity index (χ2v) is 6.47. The minimum Gasteiger partial charge on any atom is -0.399 e. The monoisotopic (exact) mass is 319 g/mol. The molecule has 0 bridgehead atoms. The van der Waals surface area contributed by atoms with Crippen LogP contribution < -0.4 is 11.1 Å². The highest BCUT2D eigenvalue weighted by Crippen LogP contribution is 2.33. The largest absolute Gasteiger partial charge is 0.399 e. The van der Waals surface area contributed by atoms with Gasteiger partial charge >= 0.3 is 0 Å². The Hall–Kier alpha value is -1.30. The van der Waals surface area contributed by atoms with Gasteiger partial charge in [0, 0.05) is 44.2 Å². The van der Waals surface area contributed by atoms with Crippen molar-refractivity contribution in [3.05, 3.63) is 23.8 Å². The molecule has 2 saturated heterocycles. The van der Waals surface area contributed by atoms with Crippen LogP contribution in [-0.4, -0.2) is 57.5 Å². The van der Waals surface area contributed by atoms with Crippen LogP contribution in [0.4, 0.5) is 11.4 Å². The van der Waals surface area contributed by atoms with Gasteiger partial charge in [0.15, 0.2) is 0 Å². The van der Waals surface area contributed by atoms with Crippen molar-refractivity contribution in [1.82, 2.24) is 4.90 Å². The Morgan fingerprint density at radius 2 is 1.83 bits per heavy atom. The lowest BCUT2D eigenvalue weighted by atomic mass is 9.90. The Labute approximate surface area is 139 Å². The maximum atomic E-state index is 6.01. The van der Waals surface area contributed by atoms with Crippen LogP contribution in [0.3, 0.4) is 0 Å². The van der Waals surface area contributed by atoms with Crippen molar-refractivity contribution in [2.45, 2.75) is 25.2 Å². The summed E-state index contributed by atoms with van der Waals surface area (Å²) in [7, 11) is 0. The van der Waals surface area contributed by atoms with Gasteiger partial charge in [-0.2, -0.15) is 0 Å². The Kier molecular flexibility index (Phi) is 6.13. The number of anilines is 2. The van der Waals surface area contributed by atoms with Crippen LogP contribution in [0.5, 0.6) is 0 Å². The van der Waals surface area contributed by atoms with Crippen molar-refractivity contribution in [3.8, 4) is 0 Å². The fourth-order valence-corrected chi connectivity index (χ4v) is 3.44. The van der Waals surface area contributed by atoms with E-state index in [1.54, 1.807) is 0 Å². The highest BCUT2D eigenvalue weighted by Gasteiger charge is 2.19. The number of benzene rings is 1. The van der Waals surface area contributed by atoms with Crippen molar-refractivity contribution < 1.29 is 9.47 Å². The highest BCUT2D eigenvalue weighted by atomic mass is 16.5. The maximum absolute atomic E-state index is 6.01. The maximum Gasteiger partial charge on any atom is 0.0594 e. The van der Waals surface area contributed by atoms with Gasteiger partial charge in [0.2, 0.25) is 0 Å². The summed E-state index contributed by atoms with van der Waals surface area (Å²) < 4.78 is 10.9. The van der Waals surface area contributed by atoms with E-state index >= 15 is 0 Å². The lowest BCUT2D eigenvalue weighted by Crippen LogP contribution is -2.37. The molecule has 1 aromatic carbocycles. The molecule has 2 aliphatic rings. The molecule has 1 aromatic rings. The van der Waals surface area contributed by atoms with Gasteiger partial charge in [-0.3, -0.25) is 4.90 Å². The van der Waals surface area contributed by atoms with Crippen LogP contribution >= 0.6 is 0 Å². The molecule has 0 radical (unpaired) electrons. The first kappa shape index (κ1) is 16.6. The van der Waals surface area contributed by atoms with Crippen LogP contribution in [-0.2, 0) is 9.47 Å².